The number of allylic oxidation sites excluding steroid dienone is 2. The molecule has 1 amide bonds. The van der Waals surface area contributed by atoms with Gasteiger partial charge in [0, 0.05) is 33.4 Å². The third-order valence-corrected chi connectivity index (χ3v) is 6.65. The maximum atomic E-state index is 13.3. The fourth-order valence-corrected chi connectivity index (χ4v) is 4.96. The van der Waals surface area contributed by atoms with Gasteiger partial charge in [-0.05, 0) is 47.7 Å². The molecular formula is C25H22Cl2N4O2. The van der Waals surface area contributed by atoms with Crippen LogP contribution >= 0.6 is 23.2 Å². The Kier molecular flexibility index (Phi) is 5.30. The van der Waals surface area contributed by atoms with Gasteiger partial charge in [-0.25, -0.2) is 4.68 Å². The van der Waals surface area contributed by atoms with E-state index in [0.29, 0.717) is 45.5 Å². The van der Waals surface area contributed by atoms with E-state index >= 15 is 0 Å². The standard InChI is InChI=1S/C25H22Cl2N4O2/c1-25(2)11-19-21(20(32)12-25)22(16-5-3-4-6-18(16)27)31-23(30-19)17(13-28-31)24(33)29-15-9-7-14(26)8-10-15/h3-10,13,22,30H,11-12H2,1-2H3,(H,29,33). The van der Waals surface area contributed by atoms with Crippen LogP contribution in [0.15, 0.2) is 66.0 Å². The van der Waals surface area contributed by atoms with Crippen LogP contribution in [-0.4, -0.2) is 21.5 Å². The van der Waals surface area contributed by atoms with E-state index in [0.717, 1.165) is 11.3 Å². The second kappa shape index (κ2) is 8.04. The number of rotatable bonds is 3. The van der Waals surface area contributed by atoms with Gasteiger partial charge in [0.1, 0.15) is 17.4 Å². The molecule has 0 spiro atoms. The van der Waals surface area contributed by atoms with Crippen molar-refractivity contribution in [2.45, 2.75) is 32.7 Å². The maximum Gasteiger partial charge on any atom is 0.261 e. The van der Waals surface area contributed by atoms with Gasteiger partial charge in [-0.3, -0.25) is 9.59 Å². The van der Waals surface area contributed by atoms with Gasteiger partial charge in [-0.1, -0.05) is 55.2 Å². The van der Waals surface area contributed by atoms with Crippen LogP contribution in [0.25, 0.3) is 0 Å². The van der Waals surface area contributed by atoms with Crippen molar-refractivity contribution >= 4 is 46.4 Å². The maximum absolute atomic E-state index is 13.3. The quantitative estimate of drug-likeness (QED) is 0.474. The van der Waals surface area contributed by atoms with Crippen molar-refractivity contribution in [2.24, 2.45) is 5.41 Å². The molecule has 0 radical (unpaired) electrons. The van der Waals surface area contributed by atoms with Crippen molar-refractivity contribution in [1.29, 1.82) is 0 Å². The van der Waals surface area contributed by atoms with E-state index in [1.165, 1.54) is 6.20 Å². The predicted molar refractivity (Wildman–Crippen MR) is 130 cm³/mol. The van der Waals surface area contributed by atoms with Crippen molar-refractivity contribution in [1.82, 2.24) is 9.78 Å². The van der Waals surface area contributed by atoms with Gasteiger partial charge in [-0.2, -0.15) is 5.10 Å². The molecule has 1 aromatic heterocycles. The molecule has 2 aromatic carbocycles. The molecule has 2 heterocycles. The largest absolute Gasteiger partial charge is 0.343 e. The lowest BCUT2D eigenvalue weighted by molar-refractivity contribution is -0.118. The monoisotopic (exact) mass is 480 g/mol. The number of nitrogens with one attached hydrogen (secondary N) is 2. The molecule has 1 aliphatic heterocycles. The van der Waals surface area contributed by atoms with Gasteiger partial charge < -0.3 is 10.6 Å². The fourth-order valence-electron chi connectivity index (χ4n) is 4.59. The van der Waals surface area contributed by atoms with Gasteiger partial charge in [0.2, 0.25) is 0 Å². The molecule has 0 fully saturated rings. The second-order valence-corrected chi connectivity index (χ2v) is 10.0. The third-order valence-electron chi connectivity index (χ3n) is 6.05. The minimum Gasteiger partial charge on any atom is -0.343 e. The van der Waals surface area contributed by atoms with Crippen LogP contribution in [0.5, 0.6) is 0 Å². The van der Waals surface area contributed by atoms with Crippen LogP contribution in [0.3, 0.4) is 0 Å². The lowest BCUT2D eigenvalue weighted by Gasteiger charge is -2.39. The van der Waals surface area contributed by atoms with Crippen molar-refractivity contribution < 1.29 is 9.59 Å². The van der Waals surface area contributed by atoms with Crippen molar-refractivity contribution in [3.05, 3.63) is 87.2 Å². The van der Waals surface area contributed by atoms with E-state index in [-0.39, 0.29) is 17.1 Å². The lowest BCUT2D eigenvalue weighted by atomic mass is 9.73. The Labute approximate surface area is 201 Å². The number of amides is 1. The molecular weight excluding hydrogens is 459 g/mol. The number of aromatic nitrogens is 2. The summed E-state index contributed by atoms with van der Waals surface area (Å²) in [7, 11) is 0. The van der Waals surface area contributed by atoms with Gasteiger partial charge in [0.25, 0.3) is 5.91 Å². The first-order chi connectivity index (χ1) is 15.7. The van der Waals surface area contributed by atoms with E-state index in [1.807, 2.05) is 18.2 Å². The fraction of sp³-hybridized carbons (Fsp3) is 0.240. The Balaban J connectivity index is 1.60. The number of carbonyl (C=O) groups excluding carboxylic acids is 2. The SMILES string of the molecule is CC1(C)CC(=O)C2=C(C1)Nc1c(C(=O)Nc3ccc(Cl)cc3)cnn1C2c1ccccc1Cl. The average molecular weight is 481 g/mol. The summed E-state index contributed by atoms with van der Waals surface area (Å²) >= 11 is 12.5. The molecule has 0 saturated carbocycles. The average Bonchev–Trinajstić information content (AvgIpc) is 3.17. The van der Waals surface area contributed by atoms with E-state index < -0.39 is 6.04 Å². The first kappa shape index (κ1) is 21.7. The highest BCUT2D eigenvalue weighted by Crippen LogP contribution is 2.47. The molecule has 6 nitrogen and oxygen atoms in total. The number of hydrogen-bond donors (Lipinski definition) is 2. The van der Waals surface area contributed by atoms with E-state index in [4.69, 9.17) is 23.2 Å². The molecule has 1 unspecified atom stereocenters. The summed E-state index contributed by atoms with van der Waals surface area (Å²) in [5.41, 5.74) is 3.05. The van der Waals surface area contributed by atoms with Crippen LogP contribution in [0.4, 0.5) is 11.5 Å². The van der Waals surface area contributed by atoms with E-state index in [1.54, 1.807) is 35.0 Å². The summed E-state index contributed by atoms with van der Waals surface area (Å²) in [6.07, 6.45) is 2.64. The molecule has 1 atom stereocenters. The molecule has 0 saturated heterocycles. The highest BCUT2D eigenvalue weighted by Gasteiger charge is 2.42. The summed E-state index contributed by atoms with van der Waals surface area (Å²) in [5.74, 6) is 0.289. The normalized spacial score (nSPS) is 18.9. The number of benzene rings is 2. The summed E-state index contributed by atoms with van der Waals surface area (Å²) in [5, 5.41) is 11.9. The number of ketones is 1. The van der Waals surface area contributed by atoms with E-state index in [9.17, 15) is 9.59 Å². The number of hydrogen-bond acceptors (Lipinski definition) is 4. The summed E-state index contributed by atoms with van der Waals surface area (Å²) < 4.78 is 1.69. The van der Waals surface area contributed by atoms with Gasteiger partial charge in [-0.15, -0.1) is 0 Å². The van der Waals surface area contributed by atoms with Gasteiger partial charge >= 0.3 is 0 Å². The molecule has 1 aliphatic carbocycles. The van der Waals surface area contributed by atoms with Crippen LogP contribution in [0.1, 0.15) is 48.7 Å². The highest BCUT2D eigenvalue weighted by atomic mass is 35.5. The summed E-state index contributed by atoms with van der Waals surface area (Å²) in [4.78, 5) is 26.4. The minimum atomic E-state index is -0.509. The molecule has 3 aromatic rings. The zero-order valence-electron chi connectivity index (χ0n) is 18.2. The van der Waals surface area contributed by atoms with Crippen molar-refractivity contribution in [2.75, 3.05) is 10.6 Å². The zero-order chi connectivity index (χ0) is 23.3. The predicted octanol–water partition coefficient (Wildman–Crippen LogP) is 6.10. The first-order valence-corrected chi connectivity index (χ1v) is 11.4. The topological polar surface area (TPSA) is 76.0 Å². The smallest absolute Gasteiger partial charge is 0.261 e. The number of nitrogens with zero attached hydrogens (tertiary/aromatic N) is 2. The molecule has 168 valence electrons. The Morgan fingerprint density at radius 1 is 1.12 bits per heavy atom. The highest BCUT2D eigenvalue weighted by molar-refractivity contribution is 6.31. The van der Waals surface area contributed by atoms with E-state index in [2.05, 4.69) is 29.6 Å². The minimum absolute atomic E-state index is 0.0620. The molecule has 2 aliphatic rings. The second-order valence-electron chi connectivity index (χ2n) is 9.19. The van der Waals surface area contributed by atoms with Crippen LogP contribution in [0.2, 0.25) is 10.0 Å². The summed E-state index contributed by atoms with van der Waals surface area (Å²) in [6.45, 7) is 4.14. The number of carbonyl (C=O) groups is 2. The molecule has 2 N–H and O–H groups in total. The Bertz CT molecular complexity index is 1310. The summed E-state index contributed by atoms with van der Waals surface area (Å²) in [6, 6.07) is 13.8. The zero-order valence-corrected chi connectivity index (χ0v) is 19.7. The Morgan fingerprint density at radius 3 is 2.58 bits per heavy atom. The molecule has 33 heavy (non-hydrogen) atoms. The number of Topliss-reactive ketones (excluding diaryl/α,β-unsaturated/α-hetero) is 1. The number of anilines is 2. The first-order valence-electron chi connectivity index (χ1n) is 10.7. The molecule has 0 bridgehead atoms. The molecule has 8 heteroatoms. The van der Waals surface area contributed by atoms with Crippen LogP contribution < -0.4 is 10.6 Å². The number of fused-ring (bicyclic) bond motifs is 1. The van der Waals surface area contributed by atoms with Gasteiger partial charge in [0.05, 0.1) is 6.20 Å². The van der Waals surface area contributed by atoms with Gasteiger partial charge in [0.15, 0.2) is 5.78 Å². The Morgan fingerprint density at radius 2 is 1.85 bits per heavy atom. The number of halogens is 2. The third kappa shape index (κ3) is 3.94. The Hall–Kier alpha value is -3.09. The van der Waals surface area contributed by atoms with Crippen molar-refractivity contribution in [3.8, 4) is 0 Å². The van der Waals surface area contributed by atoms with Crippen molar-refractivity contribution in [3.63, 3.8) is 0 Å². The molecule has 5 rings (SSSR count). The lowest BCUT2D eigenvalue weighted by Crippen LogP contribution is -2.37. The van der Waals surface area contributed by atoms with Crippen LogP contribution in [-0.2, 0) is 4.79 Å². The van der Waals surface area contributed by atoms with Crippen LogP contribution in [0, 0.1) is 5.41 Å².